The summed E-state index contributed by atoms with van der Waals surface area (Å²) in [6, 6.07) is 12.3. The Balaban J connectivity index is 0.000000343. The third-order valence-corrected chi connectivity index (χ3v) is 6.33. The average molecular weight is 510 g/mol. The van der Waals surface area contributed by atoms with Crippen LogP contribution in [-0.2, 0) is 9.53 Å². The summed E-state index contributed by atoms with van der Waals surface area (Å²) in [5.74, 6) is -0.115. The number of hydrogen-bond donors (Lipinski definition) is 2. The Morgan fingerprint density at radius 3 is 2.57 bits per heavy atom. The number of carboxylic acids is 1. The zero-order chi connectivity index (χ0) is 22.1. The van der Waals surface area contributed by atoms with Gasteiger partial charge in [-0.05, 0) is 65.9 Å². The Kier molecular flexibility index (Phi) is 9.41. The van der Waals surface area contributed by atoms with Crippen molar-refractivity contribution in [3.05, 3.63) is 58.0 Å². The van der Waals surface area contributed by atoms with E-state index < -0.39 is 11.6 Å². The molecule has 3 rings (SSSR count). The Morgan fingerprint density at radius 2 is 2.03 bits per heavy atom. The molecule has 0 aliphatic carbocycles. The number of pyridine rings is 1. The van der Waals surface area contributed by atoms with Crippen LogP contribution < -0.4 is 5.32 Å². The second-order valence-electron chi connectivity index (χ2n) is 6.76. The molecule has 0 radical (unpaired) electrons. The fourth-order valence-corrected chi connectivity index (χ4v) is 3.99. The summed E-state index contributed by atoms with van der Waals surface area (Å²) in [5, 5.41) is 14.7. The fraction of sp³-hybridized carbons (Fsp3) is 0.286. The maximum Gasteiger partial charge on any atom is 0.335 e. The van der Waals surface area contributed by atoms with Crippen LogP contribution in [0.15, 0.2) is 72.8 Å². The van der Waals surface area contributed by atoms with Crippen LogP contribution in [0.3, 0.4) is 0 Å². The first-order valence-corrected chi connectivity index (χ1v) is 11.5. The van der Waals surface area contributed by atoms with Gasteiger partial charge in [0.25, 0.3) is 0 Å². The van der Waals surface area contributed by atoms with Crippen molar-refractivity contribution >= 4 is 56.4 Å². The molecule has 6 nitrogen and oxygen atoms in total. The van der Waals surface area contributed by atoms with E-state index in [4.69, 9.17) is 5.11 Å². The molecule has 2 aromatic rings. The maximum atomic E-state index is 10.1. The summed E-state index contributed by atoms with van der Waals surface area (Å²) < 4.78 is 5.56. The number of halogens is 1. The summed E-state index contributed by atoms with van der Waals surface area (Å²) in [4.78, 5) is 21.4. The van der Waals surface area contributed by atoms with E-state index in [0.29, 0.717) is 0 Å². The molecule has 0 bridgehead atoms. The molecule has 1 aromatic heterocycles. The van der Waals surface area contributed by atoms with Gasteiger partial charge in [-0.2, -0.15) is 0 Å². The van der Waals surface area contributed by atoms with Crippen LogP contribution in [0.5, 0.6) is 0 Å². The number of anilines is 1. The molecule has 0 saturated carbocycles. The first kappa shape index (κ1) is 24.5. The van der Waals surface area contributed by atoms with Gasteiger partial charge in [0, 0.05) is 22.7 Å². The smallest absolute Gasteiger partial charge is 0.335 e. The molecule has 0 fully saturated rings. The van der Waals surface area contributed by atoms with Crippen LogP contribution in [0.25, 0.3) is 0 Å². The molecule has 2 N–H and O–H groups in total. The lowest BCUT2D eigenvalue weighted by Gasteiger charge is -2.15. The molecule has 0 unspecified atom stereocenters. The van der Waals surface area contributed by atoms with Crippen molar-refractivity contribution in [2.75, 3.05) is 19.0 Å². The first-order chi connectivity index (χ1) is 14.2. The summed E-state index contributed by atoms with van der Waals surface area (Å²) in [7, 11) is 1.37. The number of rotatable bonds is 5. The van der Waals surface area contributed by atoms with Gasteiger partial charge in [0.1, 0.15) is 5.82 Å². The highest BCUT2D eigenvalue weighted by Gasteiger charge is 2.25. The number of carboxylic acid groups (broad SMARTS) is 1. The van der Waals surface area contributed by atoms with Gasteiger partial charge in [0.15, 0.2) is 10.8 Å². The highest BCUT2D eigenvalue weighted by molar-refractivity contribution is 9.10. The third-order valence-electron chi connectivity index (χ3n) is 3.88. The lowest BCUT2D eigenvalue weighted by atomic mass is 10.1. The monoisotopic (exact) mass is 509 g/mol. The van der Waals surface area contributed by atoms with Gasteiger partial charge in [-0.15, -0.1) is 0 Å². The number of carbonyl (C=O) groups is 1. The zero-order valence-corrected chi connectivity index (χ0v) is 20.4. The van der Waals surface area contributed by atoms with E-state index in [9.17, 15) is 4.79 Å². The van der Waals surface area contributed by atoms with Gasteiger partial charge in [0.05, 0.1) is 11.4 Å². The number of ether oxygens (including phenoxy) is 1. The predicted octanol–water partition coefficient (Wildman–Crippen LogP) is 5.91. The molecule has 2 heterocycles. The van der Waals surface area contributed by atoms with Crippen LogP contribution in [0.4, 0.5) is 5.82 Å². The third kappa shape index (κ3) is 7.79. The van der Waals surface area contributed by atoms with Crippen molar-refractivity contribution < 1.29 is 14.6 Å². The van der Waals surface area contributed by atoms with E-state index in [1.54, 1.807) is 29.7 Å². The highest BCUT2D eigenvalue weighted by atomic mass is 79.9. The van der Waals surface area contributed by atoms with Gasteiger partial charge in [-0.3, -0.25) is 4.99 Å². The average Bonchev–Trinajstić information content (AvgIpc) is 2.73. The molecule has 9 heteroatoms. The summed E-state index contributed by atoms with van der Waals surface area (Å²) >= 11 is 6.78. The van der Waals surface area contributed by atoms with Crippen molar-refractivity contribution in [3.8, 4) is 0 Å². The number of aliphatic carboxylic acids is 1. The number of nitrogens with one attached hydrogen (secondary N) is 1. The van der Waals surface area contributed by atoms with Crippen molar-refractivity contribution in [2.24, 2.45) is 4.99 Å². The van der Waals surface area contributed by atoms with Crippen LogP contribution in [0.2, 0.25) is 0 Å². The van der Waals surface area contributed by atoms with Crippen LogP contribution in [0.1, 0.15) is 20.8 Å². The Hall–Kier alpha value is -1.81. The molecule has 160 valence electrons. The maximum absolute atomic E-state index is 10.1. The van der Waals surface area contributed by atoms with Crippen molar-refractivity contribution in [1.82, 2.24) is 4.98 Å². The van der Waals surface area contributed by atoms with Gasteiger partial charge in [-0.1, -0.05) is 41.7 Å². The number of nitrogens with zero attached hydrogens (tertiary/aromatic N) is 2. The van der Waals surface area contributed by atoms with Crippen molar-refractivity contribution in [1.29, 1.82) is 0 Å². The summed E-state index contributed by atoms with van der Waals surface area (Å²) in [6.45, 7) is 5.82. The van der Waals surface area contributed by atoms with E-state index in [1.807, 2.05) is 18.2 Å². The molecular weight excluding hydrogens is 486 g/mol. The lowest BCUT2D eigenvalue weighted by Crippen LogP contribution is -2.33. The number of thioether (sulfide) groups is 1. The molecule has 1 aromatic carbocycles. The Labute approximate surface area is 193 Å². The normalized spacial score (nSPS) is 13.5. The van der Waals surface area contributed by atoms with Gasteiger partial charge in [-0.25, -0.2) is 9.78 Å². The minimum absolute atomic E-state index is 0.743. The fourth-order valence-electron chi connectivity index (χ4n) is 1.89. The topological polar surface area (TPSA) is 83.8 Å². The van der Waals surface area contributed by atoms with Crippen LogP contribution in [-0.4, -0.2) is 40.5 Å². The van der Waals surface area contributed by atoms with E-state index in [1.165, 1.54) is 31.4 Å². The predicted molar refractivity (Wildman–Crippen MR) is 128 cm³/mol. The van der Waals surface area contributed by atoms with E-state index in [0.717, 1.165) is 26.9 Å². The number of hydrogen-bond acceptors (Lipinski definition) is 7. The molecular formula is C21H24BrN3O3S2. The molecule has 0 spiro atoms. The standard InChI is InChI=1S/C16H14BrN3S2.C5H10O3/c1-11-8-19-16(21-10-11)20-15-14(7-12(17)9-18-15)22-13-5-3-2-4-6-13;1-5(2,8-3)4(6)7/h2-7,9-10H,8H2,1H3,(H,18,19,20);1-3H3,(H,6,7). The molecule has 0 amide bonds. The van der Waals surface area contributed by atoms with Crippen molar-refractivity contribution in [3.63, 3.8) is 0 Å². The summed E-state index contributed by atoms with van der Waals surface area (Å²) in [6.07, 6.45) is 1.80. The van der Waals surface area contributed by atoms with Gasteiger partial charge < -0.3 is 15.2 Å². The molecule has 1 aliphatic heterocycles. The number of amidine groups is 1. The number of aromatic nitrogens is 1. The quantitative estimate of drug-likeness (QED) is 0.517. The van der Waals surface area contributed by atoms with E-state index >= 15 is 0 Å². The lowest BCUT2D eigenvalue weighted by molar-refractivity contribution is -0.157. The second-order valence-corrected chi connectivity index (χ2v) is 9.65. The first-order valence-electron chi connectivity index (χ1n) is 9.02. The highest BCUT2D eigenvalue weighted by Crippen LogP contribution is 2.34. The second kappa shape index (κ2) is 11.5. The largest absolute Gasteiger partial charge is 0.479 e. The van der Waals surface area contributed by atoms with E-state index in [2.05, 4.69) is 66.5 Å². The SMILES string of the molecule is CC1=CSC(Nc2ncc(Br)cc2Sc2ccccc2)=NC1.COC(C)(C)C(=O)O. The minimum Gasteiger partial charge on any atom is -0.479 e. The zero-order valence-electron chi connectivity index (χ0n) is 17.2. The van der Waals surface area contributed by atoms with Gasteiger partial charge >= 0.3 is 5.97 Å². The van der Waals surface area contributed by atoms with E-state index in [-0.39, 0.29) is 0 Å². The molecule has 0 saturated heterocycles. The Bertz CT molecular complexity index is 934. The molecule has 1 aliphatic rings. The minimum atomic E-state index is -1.04. The van der Waals surface area contributed by atoms with Crippen molar-refractivity contribution in [2.45, 2.75) is 36.2 Å². The van der Waals surface area contributed by atoms with Gasteiger partial charge in [0.2, 0.25) is 0 Å². The Morgan fingerprint density at radius 1 is 1.33 bits per heavy atom. The number of aliphatic imine (C=N–C) groups is 1. The van der Waals surface area contributed by atoms with Crippen LogP contribution >= 0.6 is 39.5 Å². The number of methoxy groups -OCH3 is 1. The molecule has 30 heavy (non-hydrogen) atoms. The van der Waals surface area contributed by atoms with Crippen LogP contribution in [0, 0.1) is 0 Å². The summed E-state index contributed by atoms with van der Waals surface area (Å²) in [5.41, 5.74) is 0.234. The molecule has 0 atom stereocenters. The number of benzene rings is 1.